The van der Waals surface area contributed by atoms with Gasteiger partial charge in [0.2, 0.25) is 11.8 Å². The molecule has 1 saturated heterocycles. The van der Waals surface area contributed by atoms with E-state index in [1.165, 1.54) is 11.8 Å². The zero-order chi connectivity index (χ0) is 23.5. The van der Waals surface area contributed by atoms with Crippen LogP contribution in [0.4, 0.5) is 0 Å². The predicted octanol–water partition coefficient (Wildman–Crippen LogP) is 3.60. The van der Waals surface area contributed by atoms with Crippen LogP contribution in [-0.2, 0) is 9.59 Å². The van der Waals surface area contributed by atoms with Crippen molar-refractivity contribution in [1.82, 2.24) is 30.4 Å². The van der Waals surface area contributed by atoms with Gasteiger partial charge in [-0.05, 0) is 49.9 Å². The number of carbonyl (C=O) groups is 2. The van der Waals surface area contributed by atoms with Crippen molar-refractivity contribution in [3.63, 3.8) is 0 Å². The number of nitrogens with one attached hydrogen (secondary N) is 3. The van der Waals surface area contributed by atoms with Crippen molar-refractivity contribution in [3.8, 4) is 17.1 Å². The highest BCUT2D eigenvalue weighted by atomic mass is 32.2. The van der Waals surface area contributed by atoms with Crippen molar-refractivity contribution < 1.29 is 9.59 Å². The van der Waals surface area contributed by atoms with E-state index in [9.17, 15) is 9.59 Å². The number of benzene rings is 2. The molecule has 34 heavy (non-hydrogen) atoms. The molecule has 1 atom stereocenters. The Labute approximate surface area is 201 Å². The summed E-state index contributed by atoms with van der Waals surface area (Å²) in [6, 6.07) is 15.7. The number of para-hydroxylation sites is 1. The number of aromatic amines is 1. The molecule has 4 aromatic rings. The average Bonchev–Trinajstić information content (AvgIpc) is 3.39. The minimum absolute atomic E-state index is 0.111. The lowest BCUT2D eigenvalue weighted by atomic mass is 10.1. The van der Waals surface area contributed by atoms with Crippen molar-refractivity contribution in [2.24, 2.45) is 0 Å². The number of fused-ring (bicyclic) bond motifs is 1. The van der Waals surface area contributed by atoms with E-state index in [0.717, 1.165) is 40.6 Å². The quantitative estimate of drug-likeness (QED) is 0.371. The van der Waals surface area contributed by atoms with Gasteiger partial charge in [-0.25, -0.2) is 0 Å². The summed E-state index contributed by atoms with van der Waals surface area (Å²) in [4.78, 5) is 28.2. The van der Waals surface area contributed by atoms with E-state index in [1.54, 1.807) is 0 Å². The van der Waals surface area contributed by atoms with Gasteiger partial charge in [0.1, 0.15) is 6.04 Å². The second-order valence-corrected chi connectivity index (χ2v) is 9.37. The second kappa shape index (κ2) is 9.72. The van der Waals surface area contributed by atoms with E-state index >= 15 is 0 Å². The molecule has 0 bridgehead atoms. The van der Waals surface area contributed by atoms with E-state index in [2.05, 4.69) is 37.9 Å². The number of aromatic nitrogens is 4. The molecule has 8 nitrogen and oxygen atoms in total. The Morgan fingerprint density at radius 3 is 2.94 bits per heavy atom. The van der Waals surface area contributed by atoms with Gasteiger partial charge in [-0.3, -0.25) is 14.2 Å². The maximum atomic E-state index is 12.7. The largest absolute Gasteiger partial charge is 0.360 e. The molecule has 2 aromatic carbocycles. The summed E-state index contributed by atoms with van der Waals surface area (Å²) in [6.45, 7) is 2.70. The van der Waals surface area contributed by atoms with E-state index in [0.29, 0.717) is 23.9 Å². The normalized spacial score (nSPS) is 16.3. The fourth-order valence-electron chi connectivity index (χ4n) is 4.24. The lowest BCUT2D eigenvalue weighted by Gasteiger charge is -2.15. The van der Waals surface area contributed by atoms with Gasteiger partial charge in [0.25, 0.3) is 0 Å². The van der Waals surface area contributed by atoms with Crippen LogP contribution in [0.25, 0.3) is 28.0 Å². The molecule has 9 heteroatoms. The molecule has 0 radical (unpaired) electrons. The van der Waals surface area contributed by atoms with Gasteiger partial charge in [0.05, 0.1) is 5.75 Å². The standard InChI is InChI=1S/C25H26N6O2S/c1-16-7-6-8-17(13-16)31-23(19-14-27-20-10-3-2-9-18(19)20)29-30-25(31)34-15-22(32)28-21-11-4-5-12-26-24(21)33/h2-3,6-10,13-14,21,27H,4-5,11-12,15H2,1H3,(H,26,33)(H,28,32)/t21-/m0/s1. The number of rotatable bonds is 6. The van der Waals surface area contributed by atoms with Gasteiger partial charge in [0.15, 0.2) is 11.0 Å². The lowest BCUT2D eigenvalue weighted by Crippen LogP contribution is -2.46. The highest BCUT2D eigenvalue weighted by Gasteiger charge is 2.24. The SMILES string of the molecule is Cc1cccc(-n2c(SCC(=O)N[C@H]3CCCCNC3=O)nnc2-c2c[nH]c3ccccc23)c1. The van der Waals surface area contributed by atoms with E-state index < -0.39 is 6.04 Å². The first kappa shape index (κ1) is 22.2. The Bertz CT molecular complexity index is 1340. The highest BCUT2D eigenvalue weighted by molar-refractivity contribution is 7.99. The molecule has 174 valence electrons. The first-order chi connectivity index (χ1) is 16.6. The van der Waals surface area contributed by atoms with E-state index in [1.807, 2.05) is 54.1 Å². The summed E-state index contributed by atoms with van der Waals surface area (Å²) in [7, 11) is 0. The van der Waals surface area contributed by atoms with Gasteiger partial charge >= 0.3 is 0 Å². The average molecular weight is 475 g/mol. The van der Waals surface area contributed by atoms with Crippen LogP contribution in [0.3, 0.4) is 0 Å². The first-order valence-electron chi connectivity index (χ1n) is 11.4. The number of carbonyl (C=O) groups excluding carboxylic acids is 2. The molecular formula is C25H26N6O2S. The molecule has 5 rings (SSSR count). The number of hydrogen-bond acceptors (Lipinski definition) is 5. The molecule has 3 N–H and O–H groups in total. The van der Waals surface area contributed by atoms with Crippen LogP contribution in [0.1, 0.15) is 24.8 Å². The van der Waals surface area contributed by atoms with Crippen LogP contribution in [0.5, 0.6) is 0 Å². The summed E-state index contributed by atoms with van der Waals surface area (Å²) in [6.07, 6.45) is 4.44. The lowest BCUT2D eigenvalue weighted by molar-refractivity contribution is -0.127. The summed E-state index contributed by atoms with van der Waals surface area (Å²) in [5, 5.41) is 16.3. The predicted molar refractivity (Wildman–Crippen MR) is 133 cm³/mol. The van der Waals surface area contributed by atoms with Gasteiger partial charge in [-0.1, -0.05) is 42.1 Å². The molecule has 2 aromatic heterocycles. The number of H-pyrrole nitrogens is 1. The molecular weight excluding hydrogens is 448 g/mol. The molecule has 3 heterocycles. The van der Waals surface area contributed by atoms with Crippen molar-refractivity contribution >= 4 is 34.5 Å². The first-order valence-corrected chi connectivity index (χ1v) is 12.4. The number of hydrogen-bond donors (Lipinski definition) is 3. The van der Waals surface area contributed by atoms with E-state index in [4.69, 9.17) is 0 Å². The topological polar surface area (TPSA) is 105 Å². The van der Waals surface area contributed by atoms with Crippen molar-refractivity contribution in [1.29, 1.82) is 0 Å². The maximum absolute atomic E-state index is 12.7. The third-order valence-corrected chi connectivity index (χ3v) is 6.86. The van der Waals surface area contributed by atoms with Crippen LogP contribution < -0.4 is 10.6 Å². The van der Waals surface area contributed by atoms with Crippen LogP contribution in [0.15, 0.2) is 59.9 Å². The number of thioether (sulfide) groups is 1. The summed E-state index contributed by atoms with van der Waals surface area (Å²) in [5.74, 6) is 0.538. The van der Waals surface area contributed by atoms with Crippen LogP contribution in [-0.4, -0.2) is 49.9 Å². The van der Waals surface area contributed by atoms with Crippen molar-refractivity contribution in [2.75, 3.05) is 12.3 Å². The molecule has 1 aliphatic heterocycles. The van der Waals surface area contributed by atoms with Gasteiger partial charge in [-0.15, -0.1) is 10.2 Å². The Kier molecular flexibility index (Phi) is 6.35. The Morgan fingerprint density at radius 2 is 2.06 bits per heavy atom. The number of aryl methyl sites for hydroxylation is 1. The van der Waals surface area contributed by atoms with Gasteiger partial charge < -0.3 is 15.6 Å². The zero-order valence-electron chi connectivity index (χ0n) is 18.9. The maximum Gasteiger partial charge on any atom is 0.242 e. The molecule has 1 fully saturated rings. The third kappa shape index (κ3) is 4.56. The summed E-state index contributed by atoms with van der Waals surface area (Å²) >= 11 is 1.31. The van der Waals surface area contributed by atoms with Crippen molar-refractivity contribution in [2.45, 2.75) is 37.4 Å². The Hall–Kier alpha value is -3.59. The minimum atomic E-state index is -0.480. The van der Waals surface area contributed by atoms with Gasteiger partial charge in [-0.2, -0.15) is 0 Å². The van der Waals surface area contributed by atoms with Crippen LogP contribution >= 0.6 is 11.8 Å². The minimum Gasteiger partial charge on any atom is -0.360 e. The van der Waals surface area contributed by atoms with Gasteiger partial charge in [0, 0.05) is 34.9 Å². The Balaban J connectivity index is 1.43. The fourth-order valence-corrected chi connectivity index (χ4v) is 5.00. The Morgan fingerprint density at radius 1 is 1.18 bits per heavy atom. The third-order valence-electron chi connectivity index (χ3n) is 5.93. The van der Waals surface area contributed by atoms with E-state index in [-0.39, 0.29) is 17.6 Å². The molecule has 1 aliphatic rings. The molecule has 0 unspecified atom stereocenters. The molecule has 0 aliphatic carbocycles. The summed E-state index contributed by atoms with van der Waals surface area (Å²) < 4.78 is 1.99. The second-order valence-electron chi connectivity index (χ2n) is 8.42. The van der Waals surface area contributed by atoms with Crippen LogP contribution in [0.2, 0.25) is 0 Å². The highest BCUT2D eigenvalue weighted by Crippen LogP contribution is 2.32. The molecule has 2 amide bonds. The number of nitrogens with zero attached hydrogens (tertiary/aromatic N) is 3. The fraction of sp³-hybridized carbons (Fsp3) is 0.280. The number of amides is 2. The summed E-state index contributed by atoms with van der Waals surface area (Å²) in [5.41, 5.74) is 4.00. The van der Waals surface area contributed by atoms with Crippen molar-refractivity contribution in [3.05, 3.63) is 60.3 Å². The van der Waals surface area contributed by atoms with Crippen LogP contribution in [0, 0.1) is 6.92 Å². The zero-order valence-corrected chi connectivity index (χ0v) is 19.7. The monoisotopic (exact) mass is 474 g/mol. The molecule has 0 saturated carbocycles. The smallest absolute Gasteiger partial charge is 0.242 e. The molecule has 0 spiro atoms.